The van der Waals surface area contributed by atoms with Crippen LogP contribution in [0.15, 0.2) is 52.3 Å². The van der Waals surface area contributed by atoms with E-state index in [1.54, 1.807) is 12.3 Å². The van der Waals surface area contributed by atoms with E-state index in [4.69, 9.17) is 44.4 Å². The maximum absolute atomic E-state index is 11.6. The zero-order valence-corrected chi connectivity index (χ0v) is 26.7. The fourth-order valence-electron chi connectivity index (χ4n) is 4.88. The molecule has 12 heteroatoms. The van der Waals surface area contributed by atoms with Crippen molar-refractivity contribution in [3.8, 4) is 17.1 Å². The predicted octanol–water partition coefficient (Wildman–Crippen LogP) is 3.86. The number of rotatable bonds is 17. The van der Waals surface area contributed by atoms with Gasteiger partial charge in [0.25, 0.3) is 0 Å². The Bertz CT molecular complexity index is 1240. The number of piperidine rings is 1. The molecule has 1 amide bonds. The molecule has 0 radical (unpaired) electrons. The number of hydrogen-bond donors (Lipinski definition) is 3. The first-order chi connectivity index (χ1) is 20.7. The van der Waals surface area contributed by atoms with E-state index in [1.807, 2.05) is 38.2 Å². The first kappa shape index (κ1) is 34.6. The van der Waals surface area contributed by atoms with Gasteiger partial charge in [-0.2, -0.15) is 0 Å². The van der Waals surface area contributed by atoms with E-state index in [1.165, 1.54) is 6.20 Å². The van der Waals surface area contributed by atoms with Gasteiger partial charge in [-0.3, -0.25) is 24.6 Å². The van der Waals surface area contributed by atoms with Crippen LogP contribution < -0.4 is 21.5 Å². The molecule has 5 N–H and O–H groups in total. The van der Waals surface area contributed by atoms with Crippen LogP contribution in [0.1, 0.15) is 25.3 Å². The zero-order chi connectivity index (χ0) is 31.2. The van der Waals surface area contributed by atoms with Crippen LogP contribution in [-0.4, -0.2) is 93.0 Å². The van der Waals surface area contributed by atoms with E-state index in [0.29, 0.717) is 52.9 Å². The maximum atomic E-state index is 11.6. The van der Waals surface area contributed by atoms with Crippen molar-refractivity contribution in [3.05, 3.63) is 57.9 Å². The lowest BCUT2D eigenvalue weighted by Crippen LogP contribution is -2.39. The van der Waals surface area contributed by atoms with Crippen molar-refractivity contribution in [1.29, 1.82) is 0 Å². The summed E-state index contributed by atoms with van der Waals surface area (Å²) in [6.07, 6.45) is 5.29. The minimum Gasteiger partial charge on any atom is -0.436 e. The second-order valence-corrected chi connectivity index (χ2v) is 11.7. The Kier molecular flexibility index (Phi) is 14.5. The summed E-state index contributed by atoms with van der Waals surface area (Å²) in [5.74, 6) is 0.803. The number of nitrogens with one attached hydrogen (secondary N) is 1. The minimum absolute atomic E-state index is 0.251. The van der Waals surface area contributed by atoms with Gasteiger partial charge in [0.1, 0.15) is 0 Å². The summed E-state index contributed by atoms with van der Waals surface area (Å²) >= 11 is 12.6. The Balaban J connectivity index is 1.78. The molecule has 1 aromatic heterocycles. The number of primary amides is 1. The van der Waals surface area contributed by atoms with Gasteiger partial charge in [0.05, 0.1) is 24.7 Å². The third-order valence-electron chi connectivity index (χ3n) is 7.37. The van der Waals surface area contributed by atoms with Crippen LogP contribution in [0.5, 0.6) is 5.88 Å². The Morgan fingerprint density at radius 3 is 2.58 bits per heavy atom. The van der Waals surface area contributed by atoms with Gasteiger partial charge < -0.3 is 21.5 Å². The molecule has 1 saturated heterocycles. The molecule has 234 valence electrons. The third-order valence-corrected chi connectivity index (χ3v) is 7.80. The third kappa shape index (κ3) is 12.0. The number of aliphatic imine (C=N–C) groups is 2. The van der Waals surface area contributed by atoms with Crippen LogP contribution in [0.4, 0.5) is 0 Å². The topological polar surface area (TPSA) is 134 Å². The summed E-state index contributed by atoms with van der Waals surface area (Å²) in [7, 11) is 1.89. The standard InChI is InChI=1S/C31H44Cl2N8O2/c1-22(31(35)42)20-41(10-6-36-2)11-7-38-19-28(18-37-3)43-30-13-24(21-40-8-4-23(17-34)5-9-40)12-29(39-30)25-14-26(32)16-27(33)15-25/h12-16,18-19,22-23,36H,3-11,17,20-21,34H2,1-2H3,(H2,35,42)/b28-18+,38-19-. The predicted molar refractivity (Wildman–Crippen MR) is 177 cm³/mol. The van der Waals surface area contributed by atoms with Gasteiger partial charge in [0, 0.05) is 60.3 Å². The number of carbonyl (C=O) groups is 1. The first-order valence-electron chi connectivity index (χ1n) is 14.6. The van der Waals surface area contributed by atoms with Gasteiger partial charge in [-0.05, 0) is 82.0 Å². The van der Waals surface area contributed by atoms with E-state index in [9.17, 15) is 4.79 Å². The molecule has 1 atom stereocenters. The number of likely N-dealkylation sites (N-methyl/N-ethyl adjacent to an activating group) is 1. The molecular weight excluding hydrogens is 587 g/mol. The average molecular weight is 632 g/mol. The summed E-state index contributed by atoms with van der Waals surface area (Å²) in [5.41, 5.74) is 13.9. The average Bonchev–Trinajstić information content (AvgIpc) is 2.97. The Labute approximate surface area is 265 Å². The molecule has 0 aliphatic carbocycles. The number of hydrogen-bond acceptors (Lipinski definition) is 9. The van der Waals surface area contributed by atoms with Crippen molar-refractivity contribution < 1.29 is 9.53 Å². The lowest BCUT2D eigenvalue weighted by molar-refractivity contribution is -0.121. The lowest BCUT2D eigenvalue weighted by atomic mass is 9.97. The van der Waals surface area contributed by atoms with Crippen LogP contribution in [0.2, 0.25) is 10.0 Å². The van der Waals surface area contributed by atoms with Crippen LogP contribution in [0, 0.1) is 11.8 Å². The molecular formula is C31H44Cl2N8O2. The smallest absolute Gasteiger partial charge is 0.221 e. The quantitative estimate of drug-likeness (QED) is 0.178. The monoisotopic (exact) mass is 630 g/mol. The van der Waals surface area contributed by atoms with Crippen molar-refractivity contribution in [2.75, 3.05) is 59.4 Å². The largest absolute Gasteiger partial charge is 0.436 e. The summed E-state index contributed by atoms with van der Waals surface area (Å²) in [5, 5.41) is 4.19. The highest BCUT2D eigenvalue weighted by atomic mass is 35.5. The lowest BCUT2D eigenvalue weighted by Gasteiger charge is -2.31. The molecule has 1 aliphatic rings. The van der Waals surface area contributed by atoms with Crippen molar-refractivity contribution in [3.63, 3.8) is 0 Å². The first-order valence-corrected chi connectivity index (χ1v) is 15.4. The zero-order valence-electron chi connectivity index (χ0n) is 25.1. The SMILES string of the molecule is C=N/C=C(\C=N/CCN(CCNC)CC(C)C(N)=O)Oc1cc(CN2CCC(CN)CC2)cc(-c2cc(Cl)cc(Cl)c2)n1. The highest BCUT2D eigenvalue weighted by Crippen LogP contribution is 2.29. The summed E-state index contributed by atoms with van der Waals surface area (Å²) in [6, 6.07) is 9.33. The molecule has 1 fully saturated rings. The highest BCUT2D eigenvalue weighted by Gasteiger charge is 2.19. The number of aromatic nitrogens is 1. The molecule has 3 rings (SSSR count). The van der Waals surface area contributed by atoms with Gasteiger partial charge in [-0.1, -0.05) is 30.1 Å². The Hall–Kier alpha value is -2.86. The molecule has 0 bridgehead atoms. The number of allylic oxidation sites excluding steroid dienone is 1. The number of pyridine rings is 1. The molecule has 1 aliphatic heterocycles. The molecule has 1 aromatic carbocycles. The van der Waals surface area contributed by atoms with E-state index in [-0.39, 0.29) is 11.8 Å². The fourth-order valence-corrected chi connectivity index (χ4v) is 5.41. The summed E-state index contributed by atoms with van der Waals surface area (Å²) < 4.78 is 6.19. The summed E-state index contributed by atoms with van der Waals surface area (Å²) in [6.45, 7) is 12.1. The normalized spacial score (nSPS) is 15.7. The Morgan fingerprint density at radius 1 is 1.23 bits per heavy atom. The number of nitrogens with zero attached hydrogens (tertiary/aromatic N) is 5. The van der Waals surface area contributed by atoms with Crippen LogP contribution in [-0.2, 0) is 11.3 Å². The number of halogens is 2. The molecule has 10 nitrogen and oxygen atoms in total. The second-order valence-electron chi connectivity index (χ2n) is 10.9. The number of nitrogens with two attached hydrogens (primary N) is 2. The van der Waals surface area contributed by atoms with Gasteiger partial charge in [-0.25, -0.2) is 4.98 Å². The second kappa shape index (κ2) is 18.1. The van der Waals surface area contributed by atoms with Gasteiger partial charge in [0.15, 0.2) is 5.76 Å². The summed E-state index contributed by atoms with van der Waals surface area (Å²) in [4.78, 5) is 29.4. The molecule has 2 heterocycles. The molecule has 0 spiro atoms. The van der Waals surface area contributed by atoms with Gasteiger partial charge in [-0.15, -0.1) is 0 Å². The van der Waals surface area contributed by atoms with E-state index in [2.05, 4.69) is 31.8 Å². The van der Waals surface area contributed by atoms with Crippen molar-refractivity contribution in [2.45, 2.75) is 26.3 Å². The van der Waals surface area contributed by atoms with Gasteiger partial charge >= 0.3 is 0 Å². The molecule has 1 unspecified atom stereocenters. The van der Waals surface area contributed by atoms with Crippen LogP contribution >= 0.6 is 23.2 Å². The highest BCUT2D eigenvalue weighted by molar-refractivity contribution is 6.35. The number of ether oxygens (including phenoxy) is 1. The molecule has 2 aromatic rings. The van der Waals surface area contributed by atoms with Crippen molar-refractivity contribution in [2.24, 2.45) is 33.3 Å². The van der Waals surface area contributed by atoms with Crippen molar-refractivity contribution >= 4 is 42.0 Å². The fraction of sp³-hybridized carbons (Fsp3) is 0.484. The Morgan fingerprint density at radius 2 is 1.95 bits per heavy atom. The van der Waals surface area contributed by atoms with Crippen LogP contribution in [0.25, 0.3) is 11.3 Å². The maximum Gasteiger partial charge on any atom is 0.221 e. The van der Waals surface area contributed by atoms with Crippen molar-refractivity contribution in [1.82, 2.24) is 20.1 Å². The van der Waals surface area contributed by atoms with E-state index < -0.39 is 0 Å². The molecule has 0 saturated carbocycles. The van der Waals surface area contributed by atoms with E-state index >= 15 is 0 Å². The number of likely N-dealkylation sites (tertiary alicyclic amines) is 1. The van der Waals surface area contributed by atoms with E-state index in [0.717, 1.165) is 63.2 Å². The minimum atomic E-state index is -0.317. The van der Waals surface area contributed by atoms with Crippen LogP contribution in [0.3, 0.4) is 0 Å². The number of benzene rings is 1. The number of carbonyl (C=O) groups excluding carboxylic acids is 1. The number of amides is 1. The molecule has 43 heavy (non-hydrogen) atoms. The van der Waals surface area contributed by atoms with Gasteiger partial charge in [0.2, 0.25) is 11.8 Å².